The highest BCUT2D eigenvalue weighted by Crippen LogP contribution is 2.40. The summed E-state index contributed by atoms with van der Waals surface area (Å²) in [6.45, 7) is 7.74. The number of ketones is 1. The number of carbonyl (C=O) groups is 1. The molecule has 0 atom stereocenters. The molecular formula is C27H28N6O. The molecule has 7 nitrogen and oxygen atoms in total. The lowest BCUT2D eigenvalue weighted by Crippen LogP contribution is -2.44. The largest absolute Gasteiger partial charge is 0.369 e. The Bertz CT molecular complexity index is 1530. The number of para-hydroxylation sites is 1. The van der Waals surface area contributed by atoms with Gasteiger partial charge in [0.25, 0.3) is 0 Å². The van der Waals surface area contributed by atoms with Crippen molar-refractivity contribution >= 4 is 33.4 Å². The number of nitrogens with zero attached hydrogens (tertiary/aromatic N) is 3. The van der Waals surface area contributed by atoms with E-state index in [9.17, 15) is 4.79 Å². The molecule has 3 aromatic heterocycles. The number of fused-ring (bicyclic) bond motifs is 2. The Balaban J connectivity index is 1.49. The van der Waals surface area contributed by atoms with Gasteiger partial charge in [-0.2, -0.15) is 0 Å². The summed E-state index contributed by atoms with van der Waals surface area (Å²) in [5.74, 6) is 0.773. The molecule has 34 heavy (non-hydrogen) atoms. The zero-order valence-corrected chi connectivity index (χ0v) is 19.7. The number of H-pyrrole nitrogens is 3. The molecule has 0 unspecified atom stereocenters. The van der Waals surface area contributed by atoms with E-state index in [1.165, 1.54) is 5.69 Å². The normalized spacial score (nSPS) is 15.0. The van der Waals surface area contributed by atoms with Gasteiger partial charge in [-0.05, 0) is 45.2 Å². The number of benzene rings is 2. The van der Waals surface area contributed by atoms with E-state index < -0.39 is 0 Å². The average molecular weight is 453 g/mol. The van der Waals surface area contributed by atoms with Crippen LogP contribution < -0.4 is 4.90 Å². The monoisotopic (exact) mass is 452 g/mol. The molecule has 172 valence electrons. The second-order valence-electron chi connectivity index (χ2n) is 9.26. The van der Waals surface area contributed by atoms with Crippen LogP contribution in [0.15, 0.2) is 48.7 Å². The number of nitrogens with one attached hydrogen (secondary N) is 3. The van der Waals surface area contributed by atoms with E-state index in [1.54, 1.807) is 6.92 Å². The van der Waals surface area contributed by atoms with Gasteiger partial charge in [0.15, 0.2) is 11.6 Å². The smallest absolute Gasteiger partial charge is 0.162 e. The predicted molar refractivity (Wildman–Crippen MR) is 138 cm³/mol. The summed E-state index contributed by atoms with van der Waals surface area (Å²) in [6, 6.07) is 14.6. The fourth-order valence-electron chi connectivity index (χ4n) is 5.17. The minimum atomic E-state index is 0.0359. The van der Waals surface area contributed by atoms with Crippen LogP contribution in [0.25, 0.3) is 44.6 Å². The van der Waals surface area contributed by atoms with Gasteiger partial charge in [-0.1, -0.05) is 18.2 Å². The van der Waals surface area contributed by atoms with Crippen molar-refractivity contribution in [1.29, 1.82) is 0 Å². The van der Waals surface area contributed by atoms with Crippen LogP contribution in [0.2, 0.25) is 0 Å². The van der Waals surface area contributed by atoms with Crippen LogP contribution >= 0.6 is 0 Å². The zero-order chi connectivity index (χ0) is 23.4. The average Bonchev–Trinajstić information content (AvgIpc) is 3.53. The van der Waals surface area contributed by atoms with Crippen molar-refractivity contribution in [1.82, 2.24) is 24.8 Å². The number of aromatic amines is 3. The SMILES string of the molecule is CC(=O)c1c(C)[nH]c(-c2nc3ccc(N4CCN(C)CC4)cc3[nH]2)c1-c1c[nH]c2ccccc12. The van der Waals surface area contributed by atoms with Gasteiger partial charge >= 0.3 is 0 Å². The first-order chi connectivity index (χ1) is 16.5. The van der Waals surface area contributed by atoms with Crippen molar-refractivity contribution < 1.29 is 4.79 Å². The van der Waals surface area contributed by atoms with E-state index in [1.807, 2.05) is 31.3 Å². The number of aryl methyl sites for hydroxylation is 1. The standard InChI is InChI=1S/C27H28N6O/c1-16-24(17(2)34)25(20-15-28-21-7-5-4-6-19(20)21)26(29-16)27-30-22-9-8-18(14-23(22)31-27)33-12-10-32(3)11-13-33/h4-9,14-15,28-29H,10-13H2,1-3H3,(H,30,31). The third kappa shape index (κ3) is 3.31. The maximum atomic E-state index is 12.7. The van der Waals surface area contributed by atoms with Gasteiger partial charge in [-0.3, -0.25) is 4.79 Å². The van der Waals surface area contributed by atoms with Crippen molar-refractivity contribution in [3.63, 3.8) is 0 Å². The number of imidazole rings is 1. The van der Waals surface area contributed by atoms with Gasteiger partial charge < -0.3 is 24.8 Å². The number of hydrogen-bond acceptors (Lipinski definition) is 4. The lowest BCUT2D eigenvalue weighted by atomic mass is 9.97. The van der Waals surface area contributed by atoms with Crippen molar-refractivity contribution in [2.45, 2.75) is 13.8 Å². The molecule has 0 spiro atoms. The van der Waals surface area contributed by atoms with Crippen LogP contribution in [0, 0.1) is 6.92 Å². The predicted octanol–water partition coefficient (Wildman–Crippen LogP) is 4.97. The fraction of sp³-hybridized carbons (Fsp3) is 0.259. The summed E-state index contributed by atoms with van der Waals surface area (Å²) in [5.41, 5.74) is 8.43. The minimum absolute atomic E-state index is 0.0359. The van der Waals surface area contributed by atoms with Gasteiger partial charge in [0, 0.05) is 71.4 Å². The van der Waals surface area contributed by atoms with Gasteiger partial charge in [0.1, 0.15) is 0 Å². The molecule has 2 aromatic carbocycles. The number of anilines is 1. The van der Waals surface area contributed by atoms with E-state index in [4.69, 9.17) is 4.98 Å². The fourth-order valence-corrected chi connectivity index (χ4v) is 5.17. The number of aromatic nitrogens is 4. The van der Waals surface area contributed by atoms with Crippen LogP contribution in [-0.4, -0.2) is 63.8 Å². The molecular weight excluding hydrogens is 424 g/mol. The second-order valence-corrected chi connectivity index (χ2v) is 9.26. The third-order valence-electron chi connectivity index (χ3n) is 6.97. The number of piperazine rings is 1. The molecule has 1 saturated heterocycles. The Hall–Kier alpha value is -3.84. The van der Waals surface area contributed by atoms with Crippen LogP contribution in [0.1, 0.15) is 23.0 Å². The first-order valence-corrected chi connectivity index (χ1v) is 11.7. The van der Waals surface area contributed by atoms with Gasteiger partial charge in [-0.25, -0.2) is 4.98 Å². The summed E-state index contributed by atoms with van der Waals surface area (Å²) in [4.78, 5) is 32.7. The molecule has 1 fully saturated rings. The lowest BCUT2D eigenvalue weighted by Gasteiger charge is -2.34. The van der Waals surface area contributed by atoms with Gasteiger partial charge in [-0.15, -0.1) is 0 Å². The number of hydrogen-bond donors (Lipinski definition) is 3. The number of carbonyl (C=O) groups excluding carboxylic acids is 1. The Kier molecular flexibility index (Phi) is 4.81. The lowest BCUT2D eigenvalue weighted by molar-refractivity contribution is 0.101. The molecule has 6 rings (SSSR count). The van der Waals surface area contributed by atoms with E-state index in [-0.39, 0.29) is 5.78 Å². The quantitative estimate of drug-likeness (QED) is 0.336. The molecule has 4 heterocycles. The minimum Gasteiger partial charge on any atom is -0.369 e. The van der Waals surface area contributed by atoms with Crippen molar-refractivity contribution in [2.75, 3.05) is 38.1 Å². The second kappa shape index (κ2) is 7.88. The highest BCUT2D eigenvalue weighted by molar-refractivity contribution is 6.10. The Morgan fingerprint density at radius 3 is 2.59 bits per heavy atom. The number of likely N-dealkylation sites (N-methyl/N-ethyl adjacent to an activating group) is 1. The highest BCUT2D eigenvalue weighted by Gasteiger charge is 2.25. The molecule has 7 heteroatoms. The summed E-state index contributed by atoms with van der Waals surface area (Å²) < 4.78 is 0. The van der Waals surface area contributed by atoms with Crippen LogP contribution in [0.3, 0.4) is 0 Å². The first-order valence-electron chi connectivity index (χ1n) is 11.7. The molecule has 0 radical (unpaired) electrons. The molecule has 0 amide bonds. The maximum Gasteiger partial charge on any atom is 0.162 e. The summed E-state index contributed by atoms with van der Waals surface area (Å²) in [6.07, 6.45) is 1.98. The highest BCUT2D eigenvalue weighted by atomic mass is 16.1. The van der Waals surface area contributed by atoms with Crippen molar-refractivity contribution in [3.8, 4) is 22.6 Å². The summed E-state index contributed by atoms with van der Waals surface area (Å²) in [7, 11) is 2.17. The number of rotatable bonds is 4. The van der Waals surface area contributed by atoms with E-state index in [0.717, 1.165) is 76.5 Å². The van der Waals surface area contributed by atoms with Crippen LogP contribution in [0.4, 0.5) is 5.69 Å². The Labute approximate surface area is 197 Å². The van der Waals surface area contributed by atoms with Crippen molar-refractivity contribution in [3.05, 3.63) is 59.9 Å². The first kappa shape index (κ1) is 20.7. The Morgan fingerprint density at radius 1 is 1.00 bits per heavy atom. The molecule has 0 saturated carbocycles. The van der Waals surface area contributed by atoms with Gasteiger partial charge in [0.05, 0.1) is 16.7 Å². The topological polar surface area (TPSA) is 83.8 Å². The zero-order valence-electron chi connectivity index (χ0n) is 19.7. The third-order valence-corrected chi connectivity index (χ3v) is 6.97. The molecule has 1 aliphatic rings. The number of Topliss-reactive ketones (excluding diaryl/α,β-unsaturated/α-hetero) is 1. The maximum absolute atomic E-state index is 12.7. The molecule has 0 bridgehead atoms. The van der Waals surface area contributed by atoms with Crippen LogP contribution in [-0.2, 0) is 0 Å². The summed E-state index contributed by atoms with van der Waals surface area (Å²) >= 11 is 0. The Morgan fingerprint density at radius 2 is 1.79 bits per heavy atom. The summed E-state index contributed by atoms with van der Waals surface area (Å²) in [5, 5.41) is 1.08. The molecule has 3 N–H and O–H groups in total. The van der Waals surface area contributed by atoms with Gasteiger partial charge in [0.2, 0.25) is 0 Å². The van der Waals surface area contributed by atoms with E-state index >= 15 is 0 Å². The molecule has 1 aliphatic heterocycles. The molecule has 5 aromatic rings. The van der Waals surface area contributed by atoms with Crippen molar-refractivity contribution in [2.24, 2.45) is 0 Å². The molecule has 0 aliphatic carbocycles. The van der Waals surface area contributed by atoms with E-state index in [2.05, 4.69) is 56.1 Å². The van der Waals surface area contributed by atoms with E-state index in [0.29, 0.717) is 5.56 Å². The van der Waals surface area contributed by atoms with Crippen LogP contribution in [0.5, 0.6) is 0 Å².